The zero-order chi connectivity index (χ0) is 33.9. The topological polar surface area (TPSA) is 78.8 Å². The molecule has 0 aliphatic carbocycles. The van der Waals surface area contributed by atoms with Gasteiger partial charge in [0.2, 0.25) is 0 Å². The van der Waals surface area contributed by atoms with Crippen molar-refractivity contribution in [3.8, 4) is 5.75 Å². The van der Waals surface area contributed by atoms with Crippen LogP contribution in [0.4, 0.5) is 11.4 Å². The highest BCUT2D eigenvalue weighted by atomic mass is 16.5. The van der Waals surface area contributed by atoms with Crippen LogP contribution in [0.1, 0.15) is 94.8 Å². The molecule has 252 valence electrons. The number of hydrogen-bond acceptors (Lipinski definition) is 6. The number of hydrogen-bond donors (Lipinski definition) is 2. The van der Waals surface area contributed by atoms with Crippen LogP contribution < -0.4 is 15.4 Å². The van der Waals surface area contributed by atoms with Crippen LogP contribution in [0, 0.1) is 0 Å². The molecular formula is C38H57N5O3. The number of nitrogens with zero attached hydrogens (tertiary/aromatic N) is 3. The van der Waals surface area contributed by atoms with Gasteiger partial charge in [-0.05, 0) is 100 Å². The van der Waals surface area contributed by atoms with E-state index in [-0.39, 0.29) is 11.3 Å². The fourth-order valence-corrected chi connectivity index (χ4v) is 5.88. The zero-order valence-electron chi connectivity index (χ0n) is 29.6. The molecule has 1 fully saturated rings. The summed E-state index contributed by atoms with van der Waals surface area (Å²) in [4.78, 5) is 29.3. The van der Waals surface area contributed by atoms with Crippen molar-refractivity contribution in [2.45, 2.75) is 85.1 Å². The van der Waals surface area contributed by atoms with Crippen LogP contribution >= 0.6 is 0 Å². The Bertz CT molecular complexity index is 1460. The van der Waals surface area contributed by atoms with Gasteiger partial charge in [-0.15, -0.1) is 0 Å². The van der Waals surface area contributed by atoms with E-state index in [9.17, 15) is 9.59 Å². The number of carbonyl (C=O) groups excluding carboxylic acids is 2. The first-order valence-electron chi connectivity index (χ1n) is 16.8. The molecule has 8 heteroatoms. The number of fused-ring (bicyclic) bond motifs is 1. The van der Waals surface area contributed by atoms with Crippen molar-refractivity contribution in [1.29, 1.82) is 0 Å². The molecule has 1 aliphatic heterocycles. The van der Waals surface area contributed by atoms with E-state index in [1.807, 2.05) is 42.8 Å². The van der Waals surface area contributed by atoms with Gasteiger partial charge < -0.3 is 29.6 Å². The lowest BCUT2D eigenvalue weighted by Crippen LogP contribution is -2.25. The molecule has 1 amide bonds. The highest BCUT2D eigenvalue weighted by Crippen LogP contribution is 2.39. The molecule has 4 rings (SSSR count). The van der Waals surface area contributed by atoms with Gasteiger partial charge >= 0.3 is 0 Å². The van der Waals surface area contributed by atoms with E-state index < -0.39 is 0 Å². The van der Waals surface area contributed by atoms with Crippen molar-refractivity contribution >= 4 is 34.5 Å². The number of amides is 1. The number of likely N-dealkylation sites (tertiary alicyclic amines) is 1. The summed E-state index contributed by atoms with van der Waals surface area (Å²) in [6.45, 7) is 20.0. The molecule has 1 aliphatic rings. The van der Waals surface area contributed by atoms with E-state index >= 15 is 0 Å². The monoisotopic (exact) mass is 631 g/mol. The van der Waals surface area contributed by atoms with Crippen molar-refractivity contribution in [3.05, 3.63) is 65.5 Å². The van der Waals surface area contributed by atoms with Crippen LogP contribution in [0.3, 0.4) is 0 Å². The Balaban J connectivity index is 0.000000858. The highest BCUT2D eigenvalue weighted by molar-refractivity contribution is 6.08. The summed E-state index contributed by atoms with van der Waals surface area (Å²) in [5, 5.41) is 7.52. The second kappa shape index (κ2) is 17.3. The number of para-hydroxylation sites is 1. The lowest BCUT2D eigenvalue weighted by Gasteiger charge is -2.24. The maximum Gasteiger partial charge on any atom is 0.272 e. The van der Waals surface area contributed by atoms with Gasteiger partial charge in [-0.2, -0.15) is 0 Å². The quantitative estimate of drug-likeness (QED) is 0.139. The number of unbranched alkanes of at least 4 members (excludes halogenated alkanes) is 1. The Morgan fingerprint density at radius 3 is 2.26 bits per heavy atom. The fraction of sp³-hybridized carbons (Fsp3) is 0.526. The molecule has 8 nitrogen and oxygen atoms in total. The third-order valence-corrected chi connectivity index (χ3v) is 8.58. The van der Waals surface area contributed by atoms with Crippen molar-refractivity contribution in [3.63, 3.8) is 0 Å². The van der Waals surface area contributed by atoms with Crippen molar-refractivity contribution in [2.75, 3.05) is 51.0 Å². The molecule has 1 saturated heterocycles. The summed E-state index contributed by atoms with van der Waals surface area (Å²) in [7, 11) is 5.73. The number of carbonyl (C=O) groups is 2. The SMILES string of the molecule is C=C(CC)Nc1cc(C(C)(C)C)cc(NC(=O)c2cc3cccc(CN(CCC)CCCC=O)c3n2C)c1OC.CN1CCCC1. The molecule has 2 heterocycles. The fourth-order valence-electron chi connectivity index (χ4n) is 5.88. The van der Waals surface area contributed by atoms with Gasteiger partial charge in [0.05, 0.1) is 24.0 Å². The summed E-state index contributed by atoms with van der Waals surface area (Å²) < 4.78 is 7.77. The molecule has 2 N–H and O–H groups in total. The van der Waals surface area contributed by atoms with E-state index in [2.05, 4.69) is 73.9 Å². The standard InChI is InChI=1S/C33H46N4O3.C5H11N/c1-9-16-37(17-11-12-18-38)22-25-15-13-14-24-19-29(36(7)30(24)25)32(39)35-28-21-26(33(4,5)6)20-27(31(28)40-8)34-23(3)10-2;1-6-4-2-3-5-6/h13-15,18-21,34H,3,9-12,16-17,22H2,1-2,4-8H3,(H,35,39);2-5H2,1H3. The summed E-state index contributed by atoms with van der Waals surface area (Å²) in [6.07, 6.45) is 7.04. The average Bonchev–Trinajstić information content (AvgIpc) is 3.63. The Morgan fingerprint density at radius 1 is 1.04 bits per heavy atom. The summed E-state index contributed by atoms with van der Waals surface area (Å²) >= 11 is 0. The minimum absolute atomic E-state index is 0.139. The first kappa shape index (κ1) is 36.8. The molecule has 46 heavy (non-hydrogen) atoms. The summed E-state index contributed by atoms with van der Waals surface area (Å²) in [5.41, 5.74) is 5.97. The van der Waals surface area contributed by atoms with Crippen molar-refractivity contribution in [2.24, 2.45) is 7.05 Å². The van der Waals surface area contributed by atoms with Gasteiger partial charge in [0.25, 0.3) is 5.91 Å². The van der Waals surface area contributed by atoms with Gasteiger partial charge in [-0.3, -0.25) is 9.69 Å². The van der Waals surface area contributed by atoms with E-state index in [0.717, 1.165) is 78.6 Å². The predicted molar refractivity (Wildman–Crippen MR) is 193 cm³/mol. The van der Waals surface area contributed by atoms with Crippen LogP contribution in [-0.2, 0) is 23.8 Å². The zero-order valence-corrected chi connectivity index (χ0v) is 29.6. The van der Waals surface area contributed by atoms with Crippen LogP contribution in [-0.4, -0.2) is 66.9 Å². The molecular weight excluding hydrogens is 574 g/mol. The molecule has 0 saturated carbocycles. The first-order chi connectivity index (χ1) is 21.9. The number of ether oxygens (including phenoxy) is 1. The number of anilines is 2. The third-order valence-electron chi connectivity index (χ3n) is 8.58. The second-order valence-electron chi connectivity index (χ2n) is 13.4. The van der Waals surface area contributed by atoms with Crippen LogP contribution in [0.2, 0.25) is 0 Å². The molecule has 3 aromatic rings. The Labute approximate surface area is 277 Å². The van der Waals surface area contributed by atoms with Crippen LogP contribution in [0.25, 0.3) is 10.9 Å². The minimum Gasteiger partial charge on any atom is -0.492 e. The van der Waals surface area contributed by atoms with E-state index in [1.165, 1.54) is 25.9 Å². The van der Waals surface area contributed by atoms with E-state index in [0.29, 0.717) is 23.6 Å². The number of allylic oxidation sites excluding steroid dienone is 1. The van der Waals surface area contributed by atoms with Crippen molar-refractivity contribution < 1.29 is 14.3 Å². The van der Waals surface area contributed by atoms with Gasteiger partial charge in [0.15, 0.2) is 5.75 Å². The number of rotatable bonds is 14. The maximum atomic E-state index is 13.8. The second-order valence-corrected chi connectivity index (χ2v) is 13.4. The first-order valence-corrected chi connectivity index (χ1v) is 16.8. The lowest BCUT2D eigenvalue weighted by atomic mass is 9.86. The maximum absolute atomic E-state index is 13.8. The summed E-state index contributed by atoms with van der Waals surface area (Å²) in [5.74, 6) is 0.367. The molecule has 0 bridgehead atoms. The number of benzene rings is 2. The molecule has 0 radical (unpaired) electrons. The summed E-state index contributed by atoms with van der Waals surface area (Å²) in [6, 6.07) is 12.2. The van der Waals surface area contributed by atoms with Gasteiger partial charge in [-0.1, -0.05) is 59.4 Å². The normalized spacial score (nSPS) is 13.4. The molecule has 2 aromatic carbocycles. The Hall–Kier alpha value is -3.62. The third kappa shape index (κ3) is 9.94. The number of methoxy groups -OCH3 is 1. The number of aldehydes is 1. The highest BCUT2D eigenvalue weighted by Gasteiger charge is 2.23. The van der Waals surface area contributed by atoms with E-state index in [1.54, 1.807) is 7.11 Å². The van der Waals surface area contributed by atoms with Gasteiger partial charge in [-0.25, -0.2) is 0 Å². The molecule has 0 atom stereocenters. The number of aryl methyl sites for hydroxylation is 1. The van der Waals surface area contributed by atoms with Crippen LogP contribution in [0.15, 0.2) is 48.7 Å². The number of nitrogens with one attached hydrogen (secondary N) is 2. The molecule has 0 spiro atoms. The van der Waals surface area contributed by atoms with Crippen LogP contribution in [0.5, 0.6) is 5.75 Å². The molecule has 1 aromatic heterocycles. The number of aromatic nitrogens is 1. The largest absolute Gasteiger partial charge is 0.492 e. The van der Waals surface area contributed by atoms with Crippen molar-refractivity contribution in [1.82, 2.24) is 14.4 Å². The minimum atomic E-state index is -0.203. The molecule has 0 unspecified atom stereocenters. The lowest BCUT2D eigenvalue weighted by molar-refractivity contribution is -0.108. The van der Waals surface area contributed by atoms with Gasteiger partial charge in [0.1, 0.15) is 12.0 Å². The predicted octanol–water partition coefficient (Wildman–Crippen LogP) is 7.98. The Morgan fingerprint density at radius 2 is 1.72 bits per heavy atom. The average molecular weight is 632 g/mol. The van der Waals surface area contributed by atoms with E-state index in [4.69, 9.17) is 4.74 Å². The Kier molecular flexibility index (Phi) is 13.9. The van der Waals surface area contributed by atoms with Gasteiger partial charge in [0, 0.05) is 31.1 Å². The smallest absolute Gasteiger partial charge is 0.272 e.